The summed E-state index contributed by atoms with van der Waals surface area (Å²) in [5, 5.41) is 2.56. The third kappa shape index (κ3) is 5.75. The van der Waals surface area contributed by atoms with Crippen molar-refractivity contribution in [1.29, 1.82) is 0 Å². The molecular weight excluding hydrogens is 435 g/mol. The van der Waals surface area contributed by atoms with Gasteiger partial charge < -0.3 is 19.9 Å². The van der Waals surface area contributed by atoms with Gasteiger partial charge in [0.1, 0.15) is 5.60 Å². The molecule has 3 amide bonds. The van der Waals surface area contributed by atoms with Crippen LogP contribution in [-0.2, 0) is 17.5 Å². The fourth-order valence-corrected chi connectivity index (χ4v) is 4.13. The van der Waals surface area contributed by atoms with Crippen LogP contribution < -0.4 is 5.32 Å². The molecule has 0 atom stereocenters. The van der Waals surface area contributed by atoms with Crippen LogP contribution >= 0.6 is 11.6 Å². The van der Waals surface area contributed by atoms with Gasteiger partial charge in [0.05, 0.1) is 5.56 Å². The van der Waals surface area contributed by atoms with E-state index in [4.69, 9.17) is 16.3 Å². The minimum absolute atomic E-state index is 0.00943. The largest absolute Gasteiger partial charge is 0.444 e. The van der Waals surface area contributed by atoms with Gasteiger partial charge in [0.2, 0.25) is 0 Å². The van der Waals surface area contributed by atoms with Crippen molar-refractivity contribution in [2.45, 2.75) is 51.9 Å². The van der Waals surface area contributed by atoms with Crippen molar-refractivity contribution in [3.63, 3.8) is 0 Å². The zero-order chi connectivity index (χ0) is 23.0. The highest BCUT2D eigenvalue weighted by molar-refractivity contribution is 6.30. The minimum Gasteiger partial charge on any atom is -0.444 e. The molecule has 0 radical (unpaired) electrons. The molecule has 1 aromatic rings. The smallest absolute Gasteiger partial charge is 0.416 e. The molecule has 0 bridgehead atoms. The van der Waals surface area contributed by atoms with Crippen LogP contribution in [-0.4, -0.2) is 53.7 Å². The number of urea groups is 1. The second-order valence-corrected chi connectivity index (χ2v) is 9.72. The van der Waals surface area contributed by atoms with Gasteiger partial charge in [0.25, 0.3) is 0 Å². The van der Waals surface area contributed by atoms with Gasteiger partial charge in [-0.05, 0) is 51.3 Å². The first-order valence-electron chi connectivity index (χ1n) is 10.1. The molecule has 0 saturated carbocycles. The van der Waals surface area contributed by atoms with Crippen LogP contribution in [0.2, 0.25) is 5.02 Å². The molecule has 1 aromatic carbocycles. The molecular formula is C21H27ClF3N3O3. The van der Waals surface area contributed by atoms with E-state index in [1.165, 1.54) is 12.1 Å². The van der Waals surface area contributed by atoms with Crippen molar-refractivity contribution in [1.82, 2.24) is 15.1 Å². The first-order valence-corrected chi connectivity index (χ1v) is 10.5. The summed E-state index contributed by atoms with van der Waals surface area (Å²) < 4.78 is 45.0. The van der Waals surface area contributed by atoms with Gasteiger partial charge in [-0.15, -0.1) is 0 Å². The number of hydrogen-bond donors (Lipinski definition) is 1. The third-order valence-corrected chi connectivity index (χ3v) is 5.86. The quantitative estimate of drug-likeness (QED) is 0.681. The van der Waals surface area contributed by atoms with Crippen LogP contribution in [0.5, 0.6) is 0 Å². The lowest BCUT2D eigenvalue weighted by Gasteiger charge is -2.53. The molecule has 1 N–H and O–H groups in total. The molecule has 10 heteroatoms. The van der Waals surface area contributed by atoms with Crippen LogP contribution in [0.25, 0.3) is 0 Å². The van der Waals surface area contributed by atoms with Crippen LogP contribution in [0.1, 0.15) is 44.7 Å². The normalized spacial score (nSPS) is 18.5. The summed E-state index contributed by atoms with van der Waals surface area (Å²) in [5.74, 6) is 0. The highest BCUT2D eigenvalue weighted by atomic mass is 35.5. The molecule has 172 valence electrons. The fourth-order valence-electron chi connectivity index (χ4n) is 3.96. The van der Waals surface area contributed by atoms with Crippen molar-refractivity contribution >= 4 is 23.7 Å². The molecule has 0 aliphatic carbocycles. The summed E-state index contributed by atoms with van der Waals surface area (Å²) in [5.41, 5.74) is -1.48. The number of rotatable bonds is 2. The Kier molecular flexibility index (Phi) is 6.37. The van der Waals surface area contributed by atoms with Crippen molar-refractivity contribution in [3.8, 4) is 0 Å². The van der Waals surface area contributed by atoms with Crippen LogP contribution in [0.4, 0.5) is 22.8 Å². The predicted molar refractivity (Wildman–Crippen MR) is 110 cm³/mol. The highest BCUT2D eigenvalue weighted by Gasteiger charge is 2.47. The average molecular weight is 462 g/mol. The standard InChI is InChI=1S/C21H27ClF3N3O3/c1-19(2,3)31-18(30)27-8-6-20(7-9-27)12-28(13-20)17(29)26-11-14-4-5-15(22)10-16(14)21(23,24)25/h4-5,10H,6-9,11-13H2,1-3H3,(H,26,29). The number of piperidine rings is 1. The topological polar surface area (TPSA) is 61.9 Å². The first kappa shape index (κ1) is 23.5. The summed E-state index contributed by atoms with van der Waals surface area (Å²) in [6.45, 7) is 7.39. The van der Waals surface area contributed by atoms with E-state index in [0.717, 1.165) is 18.9 Å². The number of likely N-dealkylation sites (tertiary alicyclic amines) is 2. The molecule has 0 aromatic heterocycles. The Balaban J connectivity index is 1.48. The van der Waals surface area contributed by atoms with E-state index in [2.05, 4.69) is 5.32 Å². The Bertz CT molecular complexity index is 838. The van der Waals surface area contributed by atoms with Gasteiger partial charge in [-0.25, -0.2) is 9.59 Å². The minimum atomic E-state index is -4.55. The van der Waals surface area contributed by atoms with Gasteiger partial charge in [-0.3, -0.25) is 0 Å². The van der Waals surface area contributed by atoms with Gasteiger partial charge >= 0.3 is 18.3 Å². The van der Waals surface area contributed by atoms with Crippen molar-refractivity contribution in [2.24, 2.45) is 5.41 Å². The fraction of sp³-hybridized carbons (Fsp3) is 0.619. The van der Waals surface area contributed by atoms with Crippen LogP contribution in [0.3, 0.4) is 0 Å². The number of alkyl halides is 3. The molecule has 2 saturated heterocycles. The number of ether oxygens (including phenoxy) is 1. The third-order valence-electron chi connectivity index (χ3n) is 5.62. The Labute approximate surface area is 184 Å². The maximum absolute atomic E-state index is 13.2. The highest BCUT2D eigenvalue weighted by Crippen LogP contribution is 2.41. The lowest BCUT2D eigenvalue weighted by Crippen LogP contribution is -2.64. The summed E-state index contributed by atoms with van der Waals surface area (Å²) >= 11 is 5.68. The predicted octanol–water partition coefficient (Wildman–Crippen LogP) is 4.90. The van der Waals surface area contributed by atoms with E-state index in [0.29, 0.717) is 26.2 Å². The van der Waals surface area contributed by atoms with E-state index >= 15 is 0 Å². The SMILES string of the molecule is CC(C)(C)OC(=O)N1CCC2(CC1)CN(C(=O)NCc1ccc(Cl)cc1C(F)(F)F)C2. The molecule has 3 rings (SSSR count). The molecule has 2 heterocycles. The van der Waals surface area contributed by atoms with Gasteiger partial charge in [-0.2, -0.15) is 13.2 Å². The van der Waals surface area contributed by atoms with E-state index in [1.807, 2.05) is 20.8 Å². The number of nitrogens with one attached hydrogen (secondary N) is 1. The molecule has 0 unspecified atom stereocenters. The van der Waals surface area contributed by atoms with Crippen molar-refractivity contribution < 1.29 is 27.5 Å². The van der Waals surface area contributed by atoms with Crippen LogP contribution in [0.15, 0.2) is 18.2 Å². The first-order chi connectivity index (χ1) is 14.3. The Morgan fingerprint density at radius 1 is 1.13 bits per heavy atom. The second-order valence-electron chi connectivity index (χ2n) is 9.28. The van der Waals surface area contributed by atoms with E-state index in [9.17, 15) is 22.8 Å². The van der Waals surface area contributed by atoms with E-state index in [1.54, 1.807) is 9.80 Å². The zero-order valence-electron chi connectivity index (χ0n) is 17.8. The number of benzene rings is 1. The molecule has 2 aliphatic rings. The molecule has 2 aliphatic heterocycles. The van der Waals surface area contributed by atoms with Crippen LogP contribution in [0, 0.1) is 5.41 Å². The van der Waals surface area contributed by atoms with E-state index in [-0.39, 0.29) is 28.6 Å². The number of carbonyl (C=O) groups is 2. The monoisotopic (exact) mass is 461 g/mol. The Morgan fingerprint density at radius 3 is 2.29 bits per heavy atom. The molecule has 2 fully saturated rings. The molecule has 6 nitrogen and oxygen atoms in total. The number of halogens is 4. The second kappa shape index (κ2) is 8.41. The Morgan fingerprint density at radius 2 is 1.74 bits per heavy atom. The summed E-state index contributed by atoms with van der Waals surface area (Å²) in [7, 11) is 0. The van der Waals surface area contributed by atoms with Crippen molar-refractivity contribution in [2.75, 3.05) is 26.2 Å². The maximum Gasteiger partial charge on any atom is 0.416 e. The lowest BCUT2D eigenvalue weighted by molar-refractivity contribution is -0.138. The zero-order valence-corrected chi connectivity index (χ0v) is 18.6. The number of carbonyl (C=O) groups excluding carboxylic acids is 2. The van der Waals surface area contributed by atoms with E-state index < -0.39 is 23.4 Å². The summed E-state index contributed by atoms with van der Waals surface area (Å²) in [6.07, 6.45) is -3.37. The van der Waals surface area contributed by atoms with Crippen molar-refractivity contribution in [3.05, 3.63) is 34.3 Å². The number of nitrogens with zero attached hydrogens (tertiary/aromatic N) is 2. The summed E-state index contributed by atoms with van der Waals surface area (Å²) in [6, 6.07) is 3.11. The molecule has 31 heavy (non-hydrogen) atoms. The van der Waals surface area contributed by atoms with Gasteiger partial charge in [-0.1, -0.05) is 17.7 Å². The Hall–Kier alpha value is -2.16. The van der Waals surface area contributed by atoms with Gasteiger partial charge in [0.15, 0.2) is 0 Å². The van der Waals surface area contributed by atoms with Gasteiger partial charge in [0, 0.05) is 43.2 Å². The number of hydrogen-bond acceptors (Lipinski definition) is 3. The molecule has 1 spiro atoms. The lowest BCUT2D eigenvalue weighted by atomic mass is 9.72. The number of amides is 3. The summed E-state index contributed by atoms with van der Waals surface area (Å²) in [4.78, 5) is 27.9. The average Bonchev–Trinajstić information content (AvgIpc) is 2.62. The maximum atomic E-state index is 13.2.